The van der Waals surface area contributed by atoms with Crippen molar-refractivity contribution in [3.05, 3.63) is 36.7 Å². The van der Waals surface area contributed by atoms with E-state index in [1.165, 1.54) is 0 Å². The van der Waals surface area contributed by atoms with Crippen molar-refractivity contribution < 1.29 is 14.3 Å². The van der Waals surface area contributed by atoms with Crippen molar-refractivity contribution in [2.75, 3.05) is 12.4 Å². The zero-order valence-corrected chi connectivity index (χ0v) is 12.7. The van der Waals surface area contributed by atoms with E-state index in [1.807, 2.05) is 29.1 Å². The highest BCUT2D eigenvalue weighted by Gasteiger charge is 2.37. The first-order chi connectivity index (χ1) is 10.7. The third kappa shape index (κ3) is 2.35. The molecule has 1 aromatic rings. The number of aromatic nitrogens is 1. The molecule has 0 aromatic carbocycles. The number of thioether (sulfide) groups is 1. The number of aliphatic imine (C=N–C) groups is 2. The van der Waals surface area contributed by atoms with Gasteiger partial charge in [-0.1, -0.05) is 6.58 Å². The molecule has 7 heteroatoms. The molecule has 3 unspecified atom stereocenters. The van der Waals surface area contributed by atoms with Crippen molar-refractivity contribution in [2.24, 2.45) is 9.98 Å². The fraction of sp³-hybridized carbons (Fsp3) is 0.400. The molecule has 0 spiro atoms. The van der Waals surface area contributed by atoms with E-state index in [9.17, 15) is 4.79 Å². The molecule has 0 saturated carbocycles. The van der Waals surface area contributed by atoms with Crippen LogP contribution in [0.2, 0.25) is 0 Å². The lowest BCUT2D eigenvalue weighted by molar-refractivity contribution is -0.136. The van der Waals surface area contributed by atoms with Crippen LogP contribution in [0.15, 0.2) is 46.7 Å². The van der Waals surface area contributed by atoms with Gasteiger partial charge in [0.05, 0.1) is 0 Å². The summed E-state index contributed by atoms with van der Waals surface area (Å²) in [7, 11) is 0. The van der Waals surface area contributed by atoms with Gasteiger partial charge >= 0.3 is 5.97 Å². The second-order valence-corrected chi connectivity index (χ2v) is 6.43. The second kappa shape index (κ2) is 5.31. The molecule has 6 nitrogen and oxygen atoms in total. The minimum absolute atomic E-state index is 0.0154. The molecule has 0 amide bonds. The van der Waals surface area contributed by atoms with Gasteiger partial charge in [0.25, 0.3) is 0 Å². The Morgan fingerprint density at radius 2 is 2.14 bits per heavy atom. The molecule has 22 heavy (non-hydrogen) atoms. The predicted molar refractivity (Wildman–Crippen MR) is 84.2 cm³/mol. The van der Waals surface area contributed by atoms with E-state index >= 15 is 0 Å². The number of carbonyl (C=O) groups is 1. The van der Waals surface area contributed by atoms with Crippen LogP contribution in [0.3, 0.4) is 0 Å². The molecular weight excluding hydrogens is 302 g/mol. The molecular formula is C15H15N3O3S. The van der Waals surface area contributed by atoms with E-state index in [0.717, 1.165) is 10.8 Å². The van der Waals surface area contributed by atoms with Gasteiger partial charge in [-0.3, -0.25) is 4.99 Å². The van der Waals surface area contributed by atoms with E-state index in [2.05, 4.69) is 16.6 Å². The largest absolute Gasteiger partial charge is 0.475 e. The van der Waals surface area contributed by atoms with Gasteiger partial charge in [-0.2, -0.15) is 0 Å². The van der Waals surface area contributed by atoms with Crippen LogP contribution < -0.4 is 0 Å². The Balaban J connectivity index is 1.47. The maximum atomic E-state index is 11.4. The molecule has 1 saturated heterocycles. The Hall–Kier alpha value is -2.02. The Morgan fingerprint density at radius 1 is 1.32 bits per heavy atom. The summed E-state index contributed by atoms with van der Waals surface area (Å²) in [5, 5.41) is 0.840. The molecule has 114 valence electrons. The Labute approximate surface area is 131 Å². The van der Waals surface area contributed by atoms with Crippen LogP contribution >= 0.6 is 11.8 Å². The number of ether oxygens (including phenoxy) is 2. The average molecular weight is 317 g/mol. The van der Waals surface area contributed by atoms with Crippen LogP contribution in [0.1, 0.15) is 12.6 Å². The van der Waals surface area contributed by atoms with Crippen LogP contribution in [0.5, 0.6) is 0 Å². The standard InChI is InChI=1S/C15H15N3O3S/c1-9-6-11(21-15(9)19)14-16-10(8-22-14)13-17-12(7-20-13)18-4-2-3-5-18/h2-5,10-12H,1,6-8H2. The Bertz CT molecular complexity index is 664. The van der Waals surface area contributed by atoms with Crippen molar-refractivity contribution in [1.29, 1.82) is 0 Å². The summed E-state index contributed by atoms with van der Waals surface area (Å²) >= 11 is 1.60. The third-order valence-electron chi connectivity index (χ3n) is 3.83. The van der Waals surface area contributed by atoms with Crippen LogP contribution in [-0.2, 0) is 14.3 Å². The number of hydrogen-bond acceptors (Lipinski definition) is 6. The van der Waals surface area contributed by atoms with Gasteiger partial charge in [0.2, 0.25) is 5.90 Å². The maximum absolute atomic E-state index is 11.4. The molecule has 3 atom stereocenters. The quantitative estimate of drug-likeness (QED) is 0.630. The summed E-state index contributed by atoms with van der Waals surface area (Å²) in [5.41, 5.74) is 0.513. The molecule has 0 N–H and O–H groups in total. The second-order valence-electron chi connectivity index (χ2n) is 5.38. The number of cyclic esters (lactones) is 1. The zero-order chi connectivity index (χ0) is 15.1. The first kappa shape index (κ1) is 13.6. The first-order valence-electron chi connectivity index (χ1n) is 7.13. The first-order valence-corrected chi connectivity index (χ1v) is 8.11. The summed E-state index contributed by atoms with van der Waals surface area (Å²) in [5.74, 6) is 1.12. The summed E-state index contributed by atoms with van der Waals surface area (Å²) in [6.07, 6.45) is 4.18. The number of esters is 1. The van der Waals surface area contributed by atoms with Gasteiger partial charge in [0.15, 0.2) is 12.3 Å². The number of rotatable bonds is 3. The average Bonchev–Trinajstić information content (AvgIpc) is 3.27. The van der Waals surface area contributed by atoms with E-state index in [1.54, 1.807) is 11.8 Å². The minimum Gasteiger partial charge on any atom is -0.475 e. The van der Waals surface area contributed by atoms with Crippen molar-refractivity contribution in [3.8, 4) is 0 Å². The van der Waals surface area contributed by atoms with Gasteiger partial charge in [0, 0.05) is 30.1 Å². The van der Waals surface area contributed by atoms with Gasteiger partial charge in [0.1, 0.15) is 17.7 Å². The van der Waals surface area contributed by atoms with E-state index in [4.69, 9.17) is 9.47 Å². The van der Waals surface area contributed by atoms with Crippen molar-refractivity contribution in [3.63, 3.8) is 0 Å². The summed E-state index contributed by atoms with van der Waals surface area (Å²) < 4.78 is 13.0. The number of carbonyl (C=O) groups excluding carboxylic acids is 1. The van der Waals surface area contributed by atoms with Gasteiger partial charge < -0.3 is 14.0 Å². The molecule has 1 fully saturated rings. The van der Waals surface area contributed by atoms with Crippen LogP contribution in [0, 0.1) is 0 Å². The summed E-state index contributed by atoms with van der Waals surface area (Å²) in [6.45, 7) is 4.23. The molecule has 4 heterocycles. The molecule has 3 aliphatic rings. The fourth-order valence-corrected chi connectivity index (χ4v) is 3.72. The van der Waals surface area contributed by atoms with E-state index < -0.39 is 0 Å². The fourth-order valence-electron chi connectivity index (χ4n) is 2.66. The van der Waals surface area contributed by atoms with Crippen molar-refractivity contribution in [1.82, 2.24) is 4.57 Å². The number of hydrogen-bond donors (Lipinski definition) is 0. The highest BCUT2D eigenvalue weighted by molar-refractivity contribution is 8.14. The predicted octanol–water partition coefficient (Wildman–Crippen LogP) is 1.80. The maximum Gasteiger partial charge on any atom is 0.334 e. The highest BCUT2D eigenvalue weighted by atomic mass is 32.2. The highest BCUT2D eigenvalue weighted by Crippen LogP contribution is 2.31. The third-order valence-corrected chi connectivity index (χ3v) is 4.98. The summed E-state index contributed by atoms with van der Waals surface area (Å²) in [6, 6.07) is 3.85. The lowest BCUT2D eigenvalue weighted by Gasteiger charge is -2.06. The summed E-state index contributed by atoms with van der Waals surface area (Å²) in [4.78, 5) is 20.7. The van der Waals surface area contributed by atoms with Gasteiger partial charge in [-0.25, -0.2) is 9.79 Å². The normalized spacial score (nSPS) is 31.0. The molecule has 1 aromatic heterocycles. The van der Waals surface area contributed by atoms with Gasteiger partial charge in [-0.05, 0) is 12.1 Å². The van der Waals surface area contributed by atoms with Crippen LogP contribution in [-0.4, -0.2) is 46.0 Å². The monoisotopic (exact) mass is 317 g/mol. The SMILES string of the molecule is C=C1CC(C2=NC(C3=NC(n4cccc4)CO3)CS2)OC1=O. The van der Waals surface area contributed by atoms with E-state index in [-0.39, 0.29) is 24.3 Å². The lowest BCUT2D eigenvalue weighted by atomic mass is 10.2. The molecule has 0 radical (unpaired) electrons. The van der Waals surface area contributed by atoms with Crippen molar-refractivity contribution >= 4 is 28.7 Å². The molecule has 0 bridgehead atoms. The van der Waals surface area contributed by atoms with Crippen molar-refractivity contribution in [2.45, 2.75) is 24.7 Å². The Morgan fingerprint density at radius 3 is 2.86 bits per heavy atom. The molecule has 0 aliphatic carbocycles. The minimum atomic E-state index is -0.320. The topological polar surface area (TPSA) is 65.2 Å². The zero-order valence-electron chi connectivity index (χ0n) is 11.8. The molecule has 4 rings (SSSR count). The molecule has 3 aliphatic heterocycles. The smallest absolute Gasteiger partial charge is 0.334 e. The Kier molecular flexibility index (Phi) is 3.29. The van der Waals surface area contributed by atoms with E-state index in [0.29, 0.717) is 24.5 Å². The van der Waals surface area contributed by atoms with Crippen LogP contribution in [0.4, 0.5) is 0 Å². The van der Waals surface area contributed by atoms with Crippen LogP contribution in [0.25, 0.3) is 0 Å². The van der Waals surface area contributed by atoms with Gasteiger partial charge in [-0.15, -0.1) is 11.8 Å². The number of nitrogens with zero attached hydrogens (tertiary/aromatic N) is 3. The lowest BCUT2D eigenvalue weighted by Crippen LogP contribution is -2.19.